The highest BCUT2D eigenvalue weighted by Crippen LogP contribution is 2.19. The van der Waals surface area contributed by atoms with Gasteiger partial charge in [-0.2, -0.15) is 0 Å². The lowest BCUT2D eigenvalue weighted by atomic mass is 10.1. The van der Waals surface area contributed by atoms with Gasteiger partial charge >= 0.3 is 0 Å². The molecule has 0 spiro atoms. The minimum Gasteiger partial charge on any atom is -0.348 e. The number of hydrogen-bond donors (Lipinski definition) is 2. The number of sulfonamides is 1. The molecular formula is C20H22N4O3S. The van der Waals surface area contributed by atoms with E-state index in [1.54, 1.807) is 31.3 Å². The minimum absolute atomic E-state index is 0.230. The van der Waals surface area contributed by atoms with E-state index in [0.29, 0.717) is 23.4 Å². The molecule has 1 aromatic heterocycles. The Balaban J connectivity index is 1.75. The SMILES string of the molecule is Cc1cc(C(=O)NCc2ccccc2-n2ccnc2C)ccc1NS(C)(=O)=O. The monoisotopic (exact) mass is 398 g/mol. The Labute approximate surface area is 164 Å². The number of carbonyl (C=O) groups excluding carboxylic acids is 1. The maximum atomic E-state index is 12.6. The van der Waals surface area contributed by atoms with Gasteiger partial charge in [0.05, 0.1) is 17.6 Å². The van der Waals surface area contributed by atoms with Crippen LogP contribution < -0.4 is 10.0 Å². The molecule has 0 unspecified atom stereocenters. The van der Waals surface area contributed by atoms with E-state index < -0.39 is 10.0 Å². The maximum absolute atomic E-state index is 12.6. The van der Waals surface area contributed by atoms with Crippen molar-refractivity contribution in [3.05, 3.63) is 77.4 Å². The van der Waals surface area contributed by atoms with E-state index in [4.69, 9.17) is 0 Å². The van der Waals surface area contributed by atoms with Crippen LogP contribution in [-0.2, 0) is 16.6 Å². The van der Waals surface area contributed by atoms with Crippen LogP contribution in [0, 0.1) is 13.8 Å². The molecule has 0 aliphatic carbocycles. The number of hydrogen-bond acceptors (Lipinski definition) is 4. The van der Waals surface area contributed by atoms with Crippen molar-refractivity contribution in [1.82, 2.24) is 14.9 Å². The zero-order chi connectivity index (χ0) is 20.3. The first-order chi connectivity index (χ1) is 13.2. The van der Waals surface area contributed by atoms with Crippen LogP contribution in [0.3, 0.4) is 0 Å². The summed E-state index contributed by atoms with van der Waals surface area (Å²) in [7, 11) is -3.37. The number of carbonyl (C=O) groups is 1. The van der Waals surface area contributed by atoms with Gasteiger partial charge in [0, 0.05) is 24.5 Å². The van der Waals surface area contributed by atoms with Gasteiger partial charge in [0.2, 0.25) is 10.0 Å². The van der Waals surface area contributed by atoms with Crippen LogP contribution in [-0.4, -0.2) is 30.1 Å². The number of anilines is 1. The fourth-order valence-corrected chi connectivity index (χ4v) is 3.55. The molecule has 8 heteroatoms. The lowest BCUT2D eigenvalue weighted by Crippen LogP contribution is -2.23. The highest BCUT2D eigenvalue weighted by Gasteiger charge is 2.12. The molecule has 0 aliphatic heterocycles. The Morgan fingerprint density at radius 1 is 1.14 bits per heavy atom. The minimum atomic E-state index is -3.37. The zero-order valence-electron chi connectivity index (χ0n) is 15.9. The predicted octanol–water partition coefficient (Wildman–Crippen LogP) is 2.79. The molecule has 2 N–H and O–H groups in total. The highest BCUT2D eigenvalue weighted by molar-refractivity contribution is 7.92. The number of nitrogens with one attached hydrogen (secondary N) is 2. The summed E-state index contributed by atoms with van der Waals surface area (Å²) in [5.41, 5.74) is 3.52. The van der Waals surface area contributed by atoms with Crippen molar-refractivity contribution in [2.24, 2.45) is 0 Å². The van der Waals surface area contributed by atoms with Crippen LogP contribution in [0.15, 0.2) is 54.9 Å². The second-order valence-electron chi connectivity index (χ2n) is 6.56. The number of imidazole rings is 1. The third-order valence-electron chi connectivity index (χ3n) is 4.30. The van der Waals surface area contributed by atoms with Crippen LogP contribution in [0.25, 0.3) is 5.69 Å². The van der Waals surface area contributed by atoms with E-state index in [-0.39, 0.29) is 5.91 Å². The first-order valence-electron chi connectivity index (χ1n) is 8.69. The van der Waals surface area contributed by atoms with Gasteiger partial charge in [0.1, 0.15) is 5.82 Å². The van der Waals surface area contributed by atoms with Gasteiger partial charge in [-0.1, -0.05) is 18.2 Å². The number of benzene rings is 2. The molecule has 0 bridgehead atoms. The number of aromatic nitrogens is 2. The quantitative estimate of drug-likeness (QED) is 0.668. The summed E-state index contributed by atoms with van der Waals surface area (Å²) < 4.78 is 27.2. The Hall–Kier alpha value is -3.13. The number of aryl methyl sites for hydroxylation is 2. The van der Waals surface area contributed by atoms with Crippen molar-refractivity contribution in [3.63, 3.8) is 0 Å². The average Bonchev–Trinajstić information content (AvgIpc) is 3.06. The molecule has 0 aliphatic rings. The number of amides is 1. The van der Waals surface area contributed by atoms with Gasteiger partial charge in [0.25, 0.3) is 5.91 Å². The molecule has 3 aromatic rings. The lowest BCUT2D eigenvalue weighted by Gasteiger charge is -2.13. The van der Waals surface area contributed by atoms with Gasteiger partial charge in [-0.05, 0) is 49.2 Å². The maximum Gasteiger partial charge on any atom is 0.251 e. The van der Waals surface area contributed by atoms with Crippen LogP contribution in [0.5, 0.6) is 0 Å². The van der Waals surface area contributed by atoms with Crippen LogP contribution in [0.1, 0.15) is 27.3 Å². The van der Waals surface area contributed by atoms with Gasteiger partial charge in [-0.3, -0.25) is 9.52 Å². The number of para-hydroxylation sites is 1. The summed E-state index contributed by atoms with van der Waals surface area (Å²) in [6, 6.07) is 12.7. The summed E-state index contributed by atoms with van der Waals surface area (Å²) in [5, 5.41) is 2.92. The molecule has 7 nitrogen and oxygen atoms in total. The second kappa shape index (κ2) is 7.85. The van der Waals surface area contributed by atoms with Crippen LogP contribution in [0.2, 0.25) is 0 Å². The summed E-state index contributed by atoms with van der Waals surface area (Å²) in [4.78, 5) is 16.8. The predicted molar refractivity (Wildman–Crippen MR) is 109 cm³/mol. The number of rotatable bonds is 6. The molecule has 146 valence electrons. The number of nitrogens with zero attached hydrogens (tertiary/aromatic N) is 2. The molecule has 0 fully saturated rings. The molecule has 0 radical (unpaired) electrons. The van der Waals surface area contributed by atoms with E-state index in [9.17, 15) is 13.2 Å². The first kappa shape index (κ1) is 19.6. The molecule has 0 atom stereocenters. The normalized spacial score (nSPS) is 11.2. The van der Waals surface area contributed by atoms with Crippen LogP contribution >= 0.6 is 0 Å². The van der Waals surface area contributed by atoms with Crippen molar-refractivity contribution in [2.45, 2.75) is 20.4 Å². The Morgan fingerprint density at radius 3 is 2.54 bits per heavy atom. The largest absolute Gasteiger partial charge is 0.348 e. The molecular weight excluding hydrogens is 376 g/mol. The molecule has 2 aromatic carbocycles. The molecule has 0 saturated carbocycles. The lowest BCUT2D eigenvalue weighted by molar-refractivity contribution is 0.0951. The molecule has 28 heavy (non-hydrogen) atoms. The summed E-state index contributed by atoms with van der Waals surface area (Å²) >= 11 is 0. The van der Waals surface area contributed by atoms with Crippen molar-refractivity contribution in [1.29, 1.82) is 0 Å². The van der Waals surface area contributed by atoms with E-state index in [0.717, 1.165) is 23.3 Å². The summed E-state index contributed by atoms with van der Waals surface area (Å²) in [6.45, 7) is 4.03. The highest BCUT2D eigenvalue weighted by atomic mass is 32.2. The standard InChI is InChI=1S/C20H22N4O3S/c1-14-12-16(8-9-18(14)23-28(3,26)27)20(25)22-13-17-6-4-5-7-19(17)24-11-10-21-15(24)2/h4-12,23H,13H2,1-3H3,(H,22,25). The fourth-order valence-electron chi connectivity index (χ4n) is 2.92. The van der Waals surface area contributed by atoms with E-state index >= 15 is 0 Å². The van der Waals surface area contributed by atoms with E-state index in [2.05, 4.69) is 15.0 Å². The van der Waals surface area contributed by atoms with Gasteiger partial charge in [0.15, 0.2) is 0 Å². The van der Waals surface area contributed by atoms with Gasteiger partial charge < -0.3 is 9.88 Å². The van der Waals surface area contributed by atoms with E-state index in [1.807, 2.05) is 42.0 Å². The second-order valence-corrected chi connectivity index (χ2v) is 8.31. The van der Waals surface area contributed by atoms with Crippen molar-refractivity contribution >= 4 is 21.6 Å². The third-order valence-corrected chi connectivity index (χ3v) is 4.89. The average molecular weight is 398 g/mol. The topological polar surface area (TPSA) is 93.1 Å². The summed E-state index contributed by atoms with van der Waals surface area (Å²) in [5.74, 6) is 0.634. The van der Waals surface area contributed by atoms with Crippen molar-refractivity contribution in [3.8, 4) is 5.69 Å². The first-order valence-corrected chi connectivity index (χ1v) is 10.6. The Morgan fingerprint density at radius 2 is 1.89 bits per heavy atom. The Bertz CT molecular complexity index is 1120. The van der Waals surface area contributed by atoms with Crippen LogP contribution in [0.4, 0.5) is 5.69 Å². The third kappa shape index (κ3) is 4.58. The zero-order valence-corrected chi connectivity index (χ0v) is 16.7. The molecule has 1 amide bonds. The molecule has 1 heterocycles. The fraction of sp³-hybridized carbons (Fsp3) is 0.200. The summed E-state index contributed by atoms with van der Waals surface area (Å²) in [6.07, 6.45) is 4.71. The smallest absolute Gasteiger partial charge is 0.251 e. The van der Waals surface area contributed by atoms with Gasteiger partial charge in [-0.15, -0.1) is 0 Å². The van der Waals surface area contributed by atoms with Gasteiger partial charge in [-0.25, -0.2) is 13.4 Å². The van der Waals surface area contributed by atoms with Crippen molar-refractivity contribution in [2.75, 3.05) is 11.0 Å². The molecule has 0 saturated heterocycles. The molecule has 3 rings (SSSR count). The van der Waals surface area contributed by atoms with Crippen molar-refractivity contribution < 1.29 is 13.2 Å². The Kier molecular flexibility index (Phi) is 5.51. The van der Waals surface area contributed by atoms with E-state index in [1.165, 1.54) is 0 Å².